The Morgan fingerprint density at radius 2 is 1.94 bits per heavy atom. The summed E-state index contributed by atoms with van der Waals surface area (Å²) in [5.74, 6) is 0.0808. The Balaban J connectivity index is 2.88. The highest BCUT2D eigenvalue weighted by Gasteiger charge is 2.14. The summed E-state index contributed by atoms with van der Waals surface area (Å²) in [7, 11) is 4.48. The van der Waals surface area contributed by atoms with Crippen LogP contribution in [-0.4, -0.2) is 24.8 Å². The van der Waals surface area contributed by atoms with E-state index in [1.807, 2.05) is 0 Å². The molecule has 94 valence electrons. The van der Waals surface area contributed by atoms with Crippen LogP contribution < -0.4 is 10.3 Å². The molecule has 0 spiro atoms. The van der Waals surface area contributed by atoms with Gasteiger partial charge in [0, 0.05) is 18.5 Å². The van der Waals surface area contributed by atoms with Gasteiger partial charge in [0.2, 0.25) is 0 Å². The van der Waals surface area contributed by atoms with E-state index in [1.54, 1.807) is 32.4 Å². The number of aromatic nitrogens is 1. The topological polar surface area (TPSA) is 57.5 Å². The predicted molar refractivity (Wildman–Crippen MR) is 67.1 cm³/mol. The minimum Gasteiger partial charge on any atom is -0.497 e. The fraction of sp³-hybridized carbons (Fsp3) is 0.231. The molecule has 5 nitrogen and oxygen atoms in total. The first-order chi connectivity index (χ1) is 8.58. The second-order valence-corrected chi connectivity index (χ2v) is 3.83. The van der Waals surface area contributed by atoms with Gasteiger partial charge in [-0.15, -0.1) is 0 Å². The lowest BCUT2D eigenvalue weighted by Crippen LogP contribution is -2.19. The summed E-state index contributed by atoms with van der Waals surface area (Å²) in [5.41, 5.74) is 0.645. The summed E-state index contributed by atoms with van der Waals surface area (Å²) >= 11 is 0. The Morgan fingerprint density at radius 1 is 1.22 bits per heavy atom. The molecular formula is C13H13NO4. The summed E-state index contributed by atoms with van der Waals surface area (Å²) in [6.45, 7) is 0. The fourth-order valence-electron chi connectivity index (χ4n) is 1.85. The maximum Gasteiger partial charge on any atom is 0.338 e. The van der Waals surface area contributed by atoms with Gasteiger partial charge in [0.25, 0.3) is 5.56 Å². The number of pyridine rings is 1. The molecule has 0 aliphatic rings. The van der Waals surface area contributed by atoms with Gasteiger partial charge in [0.05, 0.1) is 25.3 Å². The van der Waals surface area contributed by atoms with Crippen LogP contribution in [0.1, 0.15) is 10.4 Å². The van der Waals surface area contributed by atoms with Crippen molar-refractivity contribution >= 4 is 16.9 Å². The molecule has 1 aromatic carbocycles. The van der Waals surface area contributed by atoms with Crippen molar-refractivity contribution in [3.63, 3.8) is 0 Å². The van der Waals surface area contributed by atoms with Crippen molar-refractivity contribution in [3.05, 3.63) is 40.2 Å². The van der Waals surface area contributed by atoms with E-state index in [-0.39, 0.29) is 11.1 Å². The molecule has 0 unspecified atom stereocenters. The highest BCUT2D eigenvalue weighted by atomic mass is 16.5. The number of carbonyl (C=O) groups excluding carboxylic acids is 1. The fourth-order valence-corrected chi connectivity index (χ4v) is 1.85. The zero-order chi connectivity index (χ0) is 13.3. The van der Waals surface area contributed by atoms with Crippen molar-refractivity contribution in [2.75, 3.05) is 14.2 Å². The molecule has 1 heterocycles. The van der Waals surface area contributed by atoms with Crippen LogP contribution in [0.4, 0.5) is 0 Å². The van der Waals surface area contributed by atoms with Crippen molar-refractivity contribution in [2.45, 2.75) is 0 Å². The zero-order valence-electron chi connectivity index (χ0n) is 10.4. The number of ether oxygens (including phenoxy) is 2. The average Bonchev–Trinajstić information content (AvgIpc) is 2.41. The van der Waals surface area contributed by atoms with Crippen molar-refractivity contribution < 1.29 is 14.3 Å². The summed E-state index contributed by atoms with van der Waals surface area (Å²) in [5, 5.41) is 0.628. The van der Waals surface area contributed by atoms with E-state index in [9.17, 15) is 9.59 Å². The Labute approximate surface area is 104 Å². The van der Waals surface area contributed by atoms with E-state index in [1.165, 1.54) is 17.7 Å². The van der Waals surface area contributed by atoms with E-state index < -0.39 is 5.97 Å². The van der Waals surface area contributed by atoms with Gasteiger partial charge < -0.3 is 14.0 Å². The molecule has 0 saturated heterocycles. The SMILES string of the molecule is COC(=O)c1cc(=O)n(C)c2ccc(OC)cc12. The minimum atomic E-state index is -0.536. The molecule has 5 heteroatoms. The normalized spacial score (nSPS) is 10.4. The van der Waals surface area contributed by atoms with Crippen LogP contribution in [0.5, 0.6) is 5.75 Å². The summed E-state index contributed by atoms with van der Waals surface area (Å²) in [6.07, 6.45) is 0. The number of carbonyl (C=O) groups is 1. The molecule has 0 radical (unpaired) electrons. The minimum absolute atomic E-state index is 0.245. The molecule has 0 aliphatic heterocycles. The molecule has 2 rings (SSSR count). The molecule has 0 fully saturated rings. The molecular weight excluding hydrogens is 234 g/mol. The second kappa shape index (κ2) is 4.52. The molecule has 0 saturated carbocycles. The number of nitrogens with zero attached hydrogens (tertiary/aromatic N) is 1. The van der Waals surface area contributed by atoms with E-state index in [4.69, 9.17) is 4.74 Å². The number of hydrogen-bond donors (Lipinski definition) is 0. The molecule has 0 amide bonds. The maximum absolute atomic E-state index is 11.8. The smallest absolute Gasteiger partial charge is 0.338 e. The van der Waals surface area contributed by atoms with Gasteiger partial charge in [0.1, 0.15) is 5.75 Å². The molecule has 0 bridgehead atoms. The van der Waals surface area contributed by atoms with Crippen LogP contribution in [0.2, 0.25) is 0 Å². The van der Waals surface area contributed by atoms with Gasteiger partial charge in [-0.3, -0.25) is 4.79 Å². The molecule has 0 N–H and O–H groups in total. The molecule has 1 aromatic heterocycles. The Bertz CT molecular complexity index is 672. The van der Waals surface area contributed by atoms with Gasteiger partial charge in [0.15, 0.2) is 0 Å². The number of esters is 1. The summed E-state index contributed by atoms with van der Waals surface area (Å²) < 4.78 is 11.3. The van der Waals surface area contributed by atoms with E-state index in [0.717, 1.165) is 0 Å². The average molecular weight is 247 g/mol. The van der Waals surface area contributed by atoms with E-state index >= 15 is 0 Å². The predicted octanol–water partition coefficient (Wildman–Crippen LogP) is 1.33. The monoisotopic (exact) mass is 247 g/mol. The van der Waals surface area contributed by atoms with E-state index in [2.05, 4.69) is 4.74 Å². The van der Waals surface area contributed by atoms with Crippen molar-refractivity contribution in [2.24, 2.45) is 7.05 Å². The van der Waals surface area contributed by atoms with Crippen LogP contribution in [0.15, 0.2) is 29.1 Å². The molecule has 2 aromatic rings. The molecule has 0 aliphatic carbocycles. The first kappa shape index (κ1) is 12.2. The first-order valence-corrected chi connectivity index (χ1v) is 5.34. The van der Waals surface area contributed by atoms with Gasteiger partial charge in [-0.1, -0.05) is 0 Å². The Kier molecular flexibility index (Phi) is 3.06. The number of methoxy groups -OCH3 is 2. The number of fused-ring (bicyclic) bond motifs is 1. The Morgan fingerprint density at radius 3 is 2.56 bits per heavy atom. The maximum atomic E-state index is 11.8. The van der Waals surface area contributed by atoms with Crippen molar-refractivity contribution in [1.29, 1.82) is 0 Å². The lowest BCUT2D eigenvalue weighted by atomic mass is 10.1. The van der Waals surface area contributed by atoms with Gasteiger partial charge >= 0.3 is 5.97 Å². The zero-order valence-corrected chi connectivity index (χ0v) is 10.4. The lowest BCUT2D eigenvalue weighted by molar-refractivity contribution is 0.0602. The third-order valence-corrected chi connectivity index (χ3v) is 2.86. The number of rotatable bonds is 2. The van der Waals surface area contributed by atoms with Crippen LogP contribution >= 0.6 is 0 Å². The standard InChI is InChI=1S/C13H13NO4/c1-14-11-5-4-8(17-2)6-9(11)10(7-12(14)15)13(16)18-3/h4-7H,1-3H3. The lowest BCUT2D eigenvalue weighted by Gasteiger charge is -2.10. The largest absolute Gasteiger partial charge is 0.497 e. The van der Waals surface area contributed by atoms with Crippen molar-refractivity contribution in [1.82, 2.24) is 4.57 Å². The number of hydrogen-bond acceptors (Lipinski definition) is 4. The summed E-state index contributed by atoms with van der Waals surface area (Å²) in [4.78, 5) is 23.4. The van der Waals surface area contributed by atoms with E-state index in [0.29, 0.717) is 16.7 Å². The van der Waals surface area contributed by atoms with Gasteiger partial charge in [-0.25, -0.2) is 4.79 Å². The highest BCUT2D eigenvalue weighted by molar-refractivity contribution is 6.03. The van der Waals surface area contributed by atoms with Gasteiger partial charge in [-0.2, -0.15) is 0 Å². The van der Waals surface area contributed by atoms with Gasteiger partial charge in [-0.05, 0) is 18.2 Å². The second-order valence-electron chi connectivity index (χ2n) is 3.83. The summed E-state index contributed by atoms with van der Waals surface area (Å²) in [6, 6.07) is 6.46. The molecule has 0 atom stereocenters. The van der Waals surface area contributed by atoms with Crippen LogP contribution in [0.3, 0.4) is 0 Å². The first-order valence-electron chi connectivity index (χ1n) is 5.34. The third-order valence-electron chi connectivity index (χ3n) is 2.86. The van der Waals surface area contributed by atoms with Crippen LogP contribution in [0, 0.1) is 0 Å². The van der Waals surface area contributed by atoms with Crippen LogP contribution in [-0.2, 0) is 11.8 Å². The quantitative estimate of drug-likeness (QED) is 0.751. The molecule has 18 heavy (non-hydrogen) atoms. The Hall–Kier alpha value is -2.30. The van der Waals surface area contributed by atoms with Crippen molar-refractivity contribution in [3.8, 4) is 5.75 Å². The third kappa shape index (κ3) is 1.84. The number of aryl methyl sites for hydroxylation is 1. The highest BCUT2D eigenvalue weighted by Crippen LogP contribution is 2.22. The van der Waals surface area contributed by atoms with Crippen LogP contribution in [0.25, 0.3) is 10.9 Å². The number of benzene rings is 1.